The summed E-state index contributed by atoms with van der Waals surface area (Å²) < 4.78 is 1.56. The molecule has 8 heteroatoms. The molecular weight excluding hydrogens is 385 g/mol. The molecule has 3 aromatic heterocycles. The average Bonchev–Trinajstić information content (AvgIpc) is 3.00. The SMILES string of the molecule is Nc1nn2ccccc2c1C(=O)Nc1ccncc1-c1cccc(Cl)c1Cl. The fourth-order valence-corrected chi connectivity index (χ4v) is 3.27. The summed E-state index contributed by atoms with van der Waals surface area (Å²) >= 11 is 12.5. The number of fused-ring (bicyclic) bond motifs is 1. The zero-order valence-electron chi connectivity index (χ0n) is 13.9. The van der Waals surface area contributed by atoms with Gasteiger partial charge in [0.1, 0.15) is 5.56 Å². The first-order valence-corrected chi connectivity index (χ1v) is 8.74. The molecule has 0 bridgehead atoms. The summed E-state index contributed by atoms with van der Waals surface area (Å²) in [7, 11) is 0. The number of benzene rings is 1. The minimum absolute atomic E-state index is 0.148. The molecule has 0 saturated heterocycles. The molecule has 0 fully saturated rings. The van der Waals surface area contributed by atoms with Crippen molar-refractivity contribution in [3.8, 4) is 11.1 Å². The molecule has 3 heterocycles. The van der Waals surface area contributed by atoms with Crippen LogP contribution >= 0.6 is 23.2 Å². The Morgan fingerprint density at radius 3 is 2.78 bits per heavy atom. The number of halogens is 2. The van der Waals surface area contributed by atoms with Gasteiger partial charge in [0.05, 0.1) is 21.2 Å². The van der Waals surface area contributed by atoms with Gasteiger partial charge in [-0.3, -0.25) is 9.78 Å². The summed E-state index contributed by atoms with van der Waals surface area (Å²) in [4.78, 5) is 17.1. The van der Waals surface area contributed by atoms with E-state index in [4.69, 9.17) is 28.9 Å². The summed E-state index contributed by atoms with van der Waals surface area (Å²) in [6.45, 7) is 0. The summed E-state index contributed by atoms with van der Waals surface area (Å²) in [5.74, 6) is -0.227. The molecule has 1 amide bonds. The highest BCUT2D eigenvalue weighted by molar-refractivity contribution is 6.43. The van der Waals surface area contributed by atoms with Gasteiger partial charge >= 0.3 is 0 Å². The van der Waals surface area contributed by atoms with Crippen molar-refractivity contribution in [1.82, 2.24) is 14.6 Å². The fraction of sp³-hybridized carbons (Fsp3) is 0. The largest absolute Gasteiger partial charge is 0.382 e. The van der Waals surface area contributed by atoms with Gasteiger partial charge in [0, 0.05) is 29.7 Å². The second-order valence-corrected chi connectivity index (χ2v) is 6.55. The van der Waals surface area contributed by atoms with E-state index in [9.17, 15) is 4.79 Å². The van der Waals surface area contributed by atoms with E-state index in [1.54, 1.807) is 47.4 Å². The Morgan fingerprint density at radius 2 is 1.93 bits per heavy atom. The number of anilines is 2. The van der Waals surface area contributed by atoms with Gasteiger partial charge in [0.25, 0.3) is 5.91 Å². The lowest BCUT2D eigenvalue weighted by Crippen LogP contribution is -2.14. The molecule has 0 radical (unpaired) electrons. The lowest BCUT2D eigenvalue weighted by molar-refractivity contribution is 0.102. The van der Waals surface area contributed by atoms with Crippen LogP contribution in [0.2, 0.25) is 10.0 Å². The number of amides is 1. The fourth-order valence-electron chi connectivity index (χ4n) is 2.86. The number of carbonyl (C=O) groups excluding carboxylic acids is 1. The lowest BCUT2D eigenvalue weighted by atomic mass is 10.1. The van der Waals surface area contributed by atoms with Gasteiger partial charge in [-0.1, -0.05) is 41.4 Å². The number of aromatic nitrogens is 3. The number of nitrogens with two attached hydrogens (primary N) is 1. The standard InChI is InChI=1S/C19H13Cl2N5O/c20-13-5-3-4-11(17(13)21)12-10-23-8-7-14(12)24-19(27)16-15-6-1-2-9-26(15)25-18(16)22/h1-10H,(H2,22,25)(H,23,24,27). The Kier molecular flexibility index (Phi) is 4.43. The molecular formula is C19H13Cl2N5O. The van der Waals surface area contributed by atoms with Crippen molar-refractivity contribution in [2.75, 3.05) is 11.1 Å². The van der Waals surface area contributed by atoms with Gasteiger partial charge in [-0.05, 0) is 24.3 Å². The number of rotatable bonds is 3. The highest BCUT2D eigenvalue weighted by Gasteiger charge is 2.20. The normalized spacial score (nSPS) is 10.9. The van der Waals surface area contributed by atoms with Crippen LogP contribution in [-0.4, -0.2) is 20.5 Å². The van der Waals surface area contributed by atoms with E-state index in [2.05, 4.69) is 15.4 Å². The van der Waals surface area contributed by atoms with E-state index in [1.165, 1.54) is 0 Å². The van der Waals surface area contributed by atoms with Crippen molar-refractivity contribution >= 4 is 46.1 Å². The molecule has 27 heavy (non-hydrogen) atoms. The topological polar surface area (TPSA) is 85.3 Å². The number of carbonyl (C=O) groups is 1. The highest BCUT2D eigenvalue weighted by atomic mass is 35.5. The second-order valence-electron chi connectivity index (χ2n) is 5.77. The van der Waals surface area contributed by atoms with E-state index in [0.717, 1.165) is 0 Å². The van der Waals surface area contributed by atoms with Crippen molar-refractivity contribution < 1.29 is 4.79 Å². The first-order chi connectivity index (χ1) is 13.1. The Morgan fingerprint density at radius 1 is 1.07 bits per heavy atom. The molecule has 0 aliphatic heterocycles. The third-order valence-electron chi connectivity index (χ3n) is 4.11. The number of pyridine rings is 2. The van der Waals surface area contributed by atoms with Crippen LogP contribution in [0, 0.1) is 0 Å². The van der Waals surface area contributed by atoms with Crippen LogP contribution in [0.5, 0.6) is 0 Å². The number of hydrogen-bond acceptors (Lipinski definition) is 4. The molecule has 0 atom stereocenters. The quantitative estimate of drug-likeness (QED) is 0.531. The molecule has 134 valence electrons. The van der Waals surface area contributed by atoms with Gasteiger partial charge < -0.3 is 11.1 Å². The van der Waals surface area contributed by atoms with Gasteiger partial charge in [-0.25, -0.2) is 4.52 Å². The van der Waals surface area contributed by atoms with Crippen LogP contribution in [0.4, 0.5) is 11.5 Å². The zero-order chi connectivity index (χ0) is 19.0. The number of hydrogen-bond donors (Lipinski definition) is 2. The monoisotopic (exact) mass is 397 g/mol. The van der Waals surface area contributed by atoms with Crippen molar-refractivity contribution in [1.29, 1.82) is 0 Å². The molecule has 6 nitrogen and oxygen atoms in total. The summed E-state index contributed by atoms with van der Waals surface area (Å²) in [5.41, 5.74) is 8.72. The van der Waals surface area contributed by atoms with Crippen molar-refractivity contribution in [3.63, 3.8) is 0 Å². The first-order valence-electron chi connectivity index (χ1n) is 7.99. The van der Waals surface area contributed by atoms with Crippen LogP contribution in [-0.2, 0) is 0 Å². The zero-order valence-corrected chi connectivity index (χ0v) is 15.4. The van der Waals surface area contributed by atoms with Crippen molar-refractivity contribution in [2.45, 2.75) is 0 Å². The third-order valence-corrected chi connectivity index (χ3v) is 4.92. The van der Waals surface area contributed by atoms with Gasteiger partial charge in [-0.15, -0.1) is 5.10 Å². The smallest absolute Gasteiger partial charge is 0.261 e. The van der Waals surface area contributed by atoms with Crippen LogP contribution in [0.3, 0.4) is 0 Å². The molecule has 4 rings (SSSR count). The average molecular weight is 398 g/mol. The summed E-state index contributed by atoms with van der Waals surface area (Å²) in [5, 5.41) is 7.85. The molecule has 0 aliphatic rings. The summed E-state index contributed by atoms with van der Waals surface area (Å²) in [6.07, 6.45) is 4.93. The van der Waals surface area contributed by atoms with E-state index >= 15 is 0 Å². The maximum atomic E-state index is 12.9. The van der Waals surface area contributed by atoms with Crippen LogP contribution in [0.15, 0.2) is 61.1 Å². The predicted molar refractivity (Wildman–Crippen MR) is 107 cm³/mol. The molecule has 0 spiro atoms. The van der Waals surface area contributed by atoms with Crippen LogP contribution in [0.1, 0.15) is 10.4 Å². The molecule has 1 aromatic carbocycles. The minimum Gasteiger partial charge on any atom is -0.382 e. The Labute approximate surface area is 164 Å². The minimum atomic E-state index is -0.376. The van der Waals surface area contributed by atoms with Gasteiger partial charge in [0.2, 0.25) is 0 Å². The number of nitrogen functional groups attached to an aromatic ring is 1. The number of nitrogens with one attached hydrogen (secondary N) is 1. The highest BCUT2D eigenvalue weighted by Crippen LogP contribution is 2.37. The lowest BCUT2D eigenvalue weighted by Gasteiger charge is -2.12. The summed E-state index contributed by atoms with van der Waals surface area (Å²) in [6, 6.07) is 12.4. The molecule has 3 N–H and O–H groups in total. The third kappa shape index (κ3) is 3.09. The van der Waals surface area contributed by atoms with Crippen molar-refractivity contribution in [2.24, 2.45) is 0 Å². The molecule has 0 saturated carbocycles. The molecule has 0 aliphatic carbocycles. The Hall–Kier alpha value is -3.09. The maximum absolute atomic E-state index is 12.9. The van der Waals surface area contributed by atoms with Gasteiger partial charge in [0.15, 0.2) is 5.82 Å². The van der Waals surface area contributed by atoms with Crippen molar-refractivity contribution in [3.05, 3.63) is 76.7 Å². The maximum Gasteiger partial charge on any atom is 0.261 e. The van der Waals surface area contributed by atoms with E-state index < -0.39 is 0 Å². The molecule has 0 unspecified atom stereocenters. The second kappa shape index (κ2) is 6.90. The Balaban J connectivity index is 1.76. The van der Waals surface area contributed by atoms with E-state index in [1.807, 2.05) is 18.2 Å². The first kappa shape index (κ1) is 17.3. The van der Waals surface area contributed by atoms with Gasteiger partial charge in [-0.2, -0.15) is 0 Å². The van der Waals surface area contributed by atoms with E-state index in [0.29, 0.717) is 37.9 Å². The van der Waals surface area contributed by atoms with Crippen LogP contribution < -0.4 is 11.1 Å². The predicted octanol–water partition coefficient (Wildman–Crippen LogP) is 4.54. The van der Waals surface area contributed by atoms with Crippen LogP contribution in [0.25, 0.3) is 16.6 Å². The number of nitrogens with zero attached hydrogens (tertiary/aromatic N) is 3. The molecule has 4 aromatic rings. The van der Waals surface area contributed by atoms with E-state index in [-0.39, 0.29) is 11.7 Å². The Bertz CT molecular complexity index is 1170.